The highest BCUT2D eigenvalue weighted by Gasteiger charge is 2.38. The number of benzene rings is 3. The summed E-state index contributed by atoms with van der Waals surface area (Å²) in [5.74, 6) is 0.0996. The summed E-state index contributed by atoms with van der Waals surface area (Å²) in [7, 11) is -3.53. The van der Waals surface area contributed by atoms with E-state index in [1.54, 1.807) is 6.26 Å². The first-order valence-corrected chi connectivity index (χ1v) is 11.8. The first-order chi connectivity index (χ1) is 14.7. The molecular weight excluding hydrogens is 397 g/mol. The zero-order valence-electron chi connectivity index (χ0n) is 17.2. The maximum absolute atomic E-state index is 14.0. The molecule has 1 heterocycles. The van der Waals surface area contributed by atoms with E-state index in [2.05, 4.69) is 35.6 Å². The van der Waals surface area contributed by atoms with Crippen LogP contribution in [-0.4, -0.2) is 13.2 Å². The molecule has 156 valence electrons. The van der Waals surface area contributed by atoms with Crippen LogP contribution in [0.1, 0.15) is 31.0 Å². The number of furan rings is 1. The molecule has 0 radical (unpaired) electrons. The van der Waals surface area contributed by atoms with Crippen LogP contribution in [0, 0.1) is 0 Å². The summed E-state index contributed by atoms with van der Waals surface area (Å²) in [5.41, 5.74) is 0.917. The minimum atomic E-state index is -3.53. The highest BCUT2D eigenvalue weighted by atomic mass is 31.2. The van der Waals surface area contributed by atoms with Crippen LogP contribution < -0.4 is 5.32 Å². The van der Waals surface area contributed by atoms with Crippen molar-refractivity contribution in [3.05, 3.63) is 84.3 Å². The number of rotatable bonds is 9. The standard InChI is InChI=1S/C24H26NO4P/c1-3-28-30(26,29-4-2)24(25-17-20-12-9-15-27-20)23-21-13-7-5-10-18(21)16-19-11-6-8-14-22(19)23/h5-16,24-25H,3-4,17H2,1-2H3. The lowest BCUT2D eigenvalue weighted by molar-refractivity contribution is 0.207. The van der Waals surface area contributed by atoms with Crippen molar-refractivity contribution in [1.29, 1.82) is 0 Å². The van der Waals surface area contributed by atoms with Crippen molar-refractivity contribution in [2.24, 2.45) is 0 Å². The summed E-state index contributed by atoms with van der Waals surface area (Å²) in [6.45, 7) is 4.64. The third-order valence-corrected chi connectivity index (χ3v) is 7.38. The monoisotopic (exact) mass is 423 g/mol. The predicted molar refractivity (Wildman–Crippen MR) is 121 cm³/mol. The molecule has 0 aliphatic rings. The van der Waals surface area contributed by atoms with E-state index >= 15 is 0 Å². The third kappa shape index (κ3) is 4.07. The first-order valence-electron chi connectivity index (χ1n) is 10.2. The minimum absolute atomic E-state index is 0.291. The quantitative estimate of drug-likeness (QED) is 0.241. The third-order valence-electron chi connectivity index (χ3n) is 5.07. The van der Waals surface area contributed by atoms with Crippen LogP contribution in [0.5, 0.6) is 0 Å². The van der Waals surface area contributed by atoms with E-state index in [9.17, 15) is 4.57 Å². The van der Waals surface area contributed by atoms with Crippen LogP contribution in [0.25, 0.3) is 21.5 Å². The van der Waals surface area contributed by atoms with Gasteiger partial charge in [0.1, 0.15) is 11.5 Å². The largest absolute Gasteiger partial charge is 0.468 e. The Balaban J connectivity index is 1.94. The maximum Gasteiger partial charge on any atom is 0.351 e. The lowest BCUT2D eigenvalue weighted by Crippen LogP contribution is -2.23. The topological polar surface area (TPSA) is 60.7 Å². The van der Waals surface area contributed by atoms with Crippen molar-refractivity contribution >= 4 is 29.1 Å². The molecule has 3 aromatic carbocycles. The molecule has 0 fully saturated rings. The summed E-state index contributed by atoms with van der Waals surface area (Å²) in [6.07, 6.45) is 1.63. The number of hydrogen-bond donors (Lipinski definition) is 1. The van der Waals surface area contributed by atoms with Crippen molar-refractivity contribution in [3.63, 3.8) is 0 Å². The second-order valence-corrected chi connectivity index (χ2v) is 9.08. The van der Waals surface area contributed by atoms with Crippen LogP contribution in [-0.2, 0) is 20.2 Å². The number of hydrogen-bond acceptors (Lipinski definition) is 5. The Morgan fingerprint density at radius 2 is 1.50 bits per heavy atom. The van der Waals surface area contributed by atoms with Gasteiger partial charge in [0.2, 0.25) is 0 Å². The van der Waals surface area contributed by atoms with E-state index in [0.29, 0.717) is 19.8 Å². The Morgan fingerprint density at radius 1 is 0.900 bits per heavy atom. The fourth-order valence-electron chi connectivity index (χ4n) is 3.87. The zero-order chi connectivity index (χ0) is 21.0. The number of fused-ring (bicyclic) bond motifs is 2. The Hall–Kier alpha value is -2.43. The van der Waals surface area contributed by atoms with Crippen LogP contribution in [0.15, 0.2) is 77.4 Å². The van der Waals surface area contributed by atoms with Gasteiger partial charge in [-0.15, -0.1) is 0 Å². The first kappa shape index (κ1) is 20.8. The minimum Gasteiger partial charge on any atom is -0.468 e. The Labute approximate surface area is 176 Å². The van der Waals surface area contributed by atoms with E-state index in [1.807, 2.05) is 50.2 Å². The average Bonchev–Trinajstić information content (AvgIpc) is 3.27. The van der Waals surface area contributed by atoms with Gasteiger partial charge in [-0.25, -0.2) is 0 Å². The van der Waals surface area contributed by atoms with Crippen molar-refractivity contribution in [2.45, 2.75) is 26.2 Å². The molecule has 1 aromatic heterocycles. The van der Waals surface area contributed by atoms with Crippen molar-refractivity contribution in [3.8, 4) is 0 Å². The zero-order valence-corrected chi connectivity index (χ0v) is 18.1. The maximum atomic E-state index is 14.0. The van der Waals surface area contributed by atoms with Gasteiger partial charge >= 0.3 is 7.60 Å². The molecule has 30 heavy (non-hydrogen) atoms. The molecule has 5 nitrogen and oxygen atoms in total. The van der Waals surface area contributed by atoms with Gasteiger partial charge in [-0.1, -0.05) is 48.5 Å². The molecule has 0 spiro atoms. The molecule has 1 unspecified atom stereocenters. The molecule has 0 bridgehead atoms. The van der Waals surface area contributed by atoms with Gasteiger partial charge in [0, 0.05) is 0 Å². The van der Waals surface area contributed by atoms with E-state index in [0.717, 1.165) is 32.9 Å². The molecule has 4 aromatic rings. The van der Waals surface area contributed by atoms with Gasteiger partial charge < -0.3 is 13.5 Å². The Kier molecular flexibility index (Phi) is 6.35. The summed E-state index contributed by atoms with van der Waals surface area (Å²) in [4.78, 5) is 0. The SMILES string of the molecule is CCOP(=O)(OCC)C(NCc1ccco1)c1c2ccccc2cc2ccccc12. The van der Waals surface area contributed by atoms with Gasteiger partial charge in [0.25, 0.3) is 0 Å². The van der Waals surface area contributed by atoms with E-state index < -0.39 is 13.4 Å². The van der Waals surface area contributed by atoms with Crippen LogP contribution >= 0.6 is 7.60 Å². The Bertz CT molecular complexity index is 1110. The number of nitrogens with one attached hydrogen (secondary N) is 1. The highest BCUT2D eigenvalue weighted by molar-refractivity contribution is 7.54. The highest BCUT2D eigenvalue weighted by Crippen LogP contribution is 2.61. The molecule has 0 saturated heterocycles. The van der Waals surface area contributed by atoms with E-state index in [1.165, 1.54) is 0 Å². The lowest BCUT2D eigenvalue weighted by atomic mass is 9.96. The van der Waals surface area contributed by atoms with Gasteiger partial charge in [-0.05, 0) is 59.2 Å². The molecule has 4 rings (SSSR count). The van der Waals surface area contributed by atoms with Gasteiger partial charge in [0.15, 0.2) is 0 Å². The van der Waals surface area contributed by atoms with E-state index in [4.69, 9.17) is 13.5 Å². The Morgan fingerprint density at radius 3 is 2.03 bits per heavy atom. The van der Waals surface area contributed by atoms with Gasteiger partial charge in [0.05, 0.1) is 26.0 Å². The fraction of sp³-hybridized carbons (Fsp3) is 0.250. The fourth-order valence-corrected chi connectivity index (χ4v) is 5.87. The molecule has 1 N–H and O–H groups in total. The van der Waals surface area contributed by atoms with E-state index in [-0.39, 0.29) is 0 Å². The molecule has 0 aliphatic carbocycles. The second kappa shape index (κ2) is 9.15. The summed E-state index contributed by atoms with van der Waals surface area (Å²) in [5, 5.41) is 7.63. The van der Waals surface area contributed by atoms with Gasteiger partial charge in [-0.3, -0.25) is 9.88 Å². The molecular formula is C24H26NO4P. The lowest BCUT2D eigenvalue weighted by Gasteiger charge is -2.29. The van der Waals surface area contributed by atoms with Crippen LogP contribution in [0.3, 0.4) is 0 Å². The predicted octanol–water partition coefficient (Wildman–Crippen LogP) is 6.64. The molecule has 6 heteroatoms. The summed E-state index contributed by atoms with van der Waals surface area (Å²) >= 11 is 0. The van der Waals surface area contributed by atoms with Crippen molar-refractivity contribution < 1.29 is 18.0 Å². The van der Waals surface area contributed by atoms with Crippen molar-refractivity contribution in [2.75, 3.05) is 13.2 Å². The smallest absolute Gasteiger partial charge is 0.351 e. The second-order valence-electron chi connectivity index (χ2n) is 6.97. The normalized spacial score (nSPS) is 13.1. The van der Waals surface area contributed by atoms with Crippen molar-refractivity contribution in [1.82, 2.24) is 5.32 Å². The van der Waals surface area contributed by atoms with Crippen LogP contribution in [0.2, 0.25) is 0 Å². The summed E-state index contributed by atoms with van der Waals surface area (Å²) < 4.78 is 31.1. The average molecular weight is 423 g/mol. The molecule has 0 aliphatic heterocycles. The molecule has 1 atom stereocenters. The van der Waals surface area contributed by atoms with Crippen LogP contribution in [0.4, 0.5) is 0 Å². The van der Waals surface area contributed by atoms with Gasteiger partial charge in [-0.2, -0.15) is 0 Å². The molecule has 0 amide bonds. The summed E-state index contributed by atoms with van der Waals surface area (Å²) in [6, 6.07) is 22.1. The molecule has 0 saturated carbocycles.